The Kier molecular flexibility index (Phi) is 6.57. The van der Waals surface area contributed by atoms with Crippen LogP contribution in [-0.2, 0) is 0 Å². The standard InChI is InChI=1S/C18H18Br2N2O2/c1-11(15-5-3-13(19)9-17(15)23)21-7-8-22-12(2)16-6-4-14(20)10-18(16)24/h3-6,9-10,23-24H,7-8H2,1-2H3. The van der Waals surface area contributed by atoms with Crippen LogP contribution >= 0.6 is 31.9 Å². The molecule has 0 heterocycles. The summed E-state index contributed by atoms with van der Waals surface area (Å²) in [6, 6.07) is 10.7. The predicted molar refractivity (Wildman–Crippen MR) is 106 cm³/mol. The van der Waals surface area contributed by atoms with Gasteiger partial charge < -0.3 is 10.2 Å². The molecule has 0 aromatic heterocycles. The fourth-order valence-electron chi connectivity index (χ4n) is 2.23. The molecule has 0 aliphatic carbocycles. The van der Waals surface area contributed by atoms with Gasteiger partial charge in [0.15, 0.2) is 0 Å². The van der Waals surface area contributed by atoms with Crippen molar-refractivity contribution in [3.63, 3.8) is 0 Å². The first-order valence-electron chi connectivity index (χ1n) is 7.38. The highest BCUT2D eigenvalue weighted by Gasteiger charge is 2.06. The minimum absolute atomic E-state index is 0.199. The maximum Gasteiger partial charge on any atom is 0.125 e. The number of benzene rings is 2. The molecule has 0 fully saturated rings. The van der Waals surface area contributed by atoms with E-state index in [-0.39, 0.29) is 11.5 Å². The molecule has 24 heavy (non-hydrogen) atoms. The van der Waals surface area contributed by atoms with E-state index in [0.717, 1.165) is 20.4 Å². The van der Waals surface area contributed by atoms with Gasteiger partial charge in [-0.15, -0.1) is 0 Å². The molecule has 0 atom stereocenters. The van der Waals surface area contributed by atoms with Gasteiger partial charge in [-0.25, -0.2) is 0 Å². The molecule has 2 rings (SSSR count). The van der Waals surface area contributed by atoms with Crippen LogP contribution in [0.2, 0.25) is 0 Å². The van der Waals surface area contributed by atoms with Crippen LogP contribution in [0.1, 0.15) is 25.0 Å². The van der Waals surface area contributed by atoms with Crippen molar-refractivity contribution in [2.75, 3.05) is 13.1 Å². The maximum atomic E-state index is 9.94. The lowest BCUT2D eigenvalue weighted by atomic mass is 10.1. The number of phenolic OH excluding ortho intramolecular Hbond substituents is 2. The third-order valence-corrected chi connectivity index (χ3v) is 4.48. The molecule has 0 saturated carbocycles. The normalized spacial score (nSPS) is 12.5. The Morgan fingerprint density at radius 1 is 0.792 bits per heavy atom. The summed E-state index contributed by atoms with van der Waals surface area (Å²) in [6.45, 7) is 4.74. The topological polar surface area (TPSA) is 65.2 Å². The highest BCUT2D eigenvalue weighted by Crippen LogP contribution is 2.24. The summed E-state index contributed by atoms with van der Waals surface area (Å²) >= 11 is 6.63. The van der Waals surface area contributed by atoms with Gasteiger partial charge in [-0.1, -0.05) is 31.9 Å². The molecule has 6 heteroatoms. The molecule has 2 aromatic carbocycles. The lowest BCUT2D eigenvalue weighted by Crippen LogP contribution is -2.01. The molecule has 0 unspecified atom stereocenters. The van der Waals surface area contributed by atoms with Crippen molar-refractivity contribution in [1.82, 2.24) is 0 Å². The van der Waals surface area contributed by atoms with Crippen molar-refractivity contribution in [1.29, 1.82) is 0 Å². The molecule has 0 radical (unpaired) electrons. The van der Waals surface area contributed by atoms with E-state index in [1.807, 2.05) is 38.1 Å². The van der Waals surface area contributed by atoms with Crippen LogP contribution in [0.15, 0.2) is 55.3 Å². The Morgan fingerprint density at radius 2 is 1.17 bits per heavy atom. The van der Waals surface area contributed by atoms with Gasteiger partial charge in [0, 0.05) is 31.5 Å². The first kappa shape index (κ1) is 18.7. The molecule has 126 valence electrons. The zero-order valence-electron chi connectivity index (χ0n) is 13.4. The molecule has 0 spiro atoms. The zero-order chi connectivity index (χ0) is 17.7. The number of hydrogen-bond donors (Lipinski definition) is 2. The number of hydrogen-bond acceptors (Lipinski definition) is 4. The molecule has 2 N–H and O–H groups in total. The summed E-state index contributed by atoms with van der Waals surface area (Å²) in [5.74, 6) is 0.398. The van der Waals surface area contributed by atoms with Crippen molar-refractivity contribution in [2.45, 2.75) is 13.8 Å². The summed E-state index contributed by atoms with van der Waals surface area (Å²) in [7, 11) is 0. The van der Waals surface area contributed by atoms with E-state index in [0.29, 0.717) is 24.2 Å². The first-order valence-corrected chi connectivity index (χ1v) is 8.97. The average molecular weight is 454 g/mol. The number of aliphatic imine (C=N–C) groups is 2. The van der Waals surface area contributed by atoms with Crippen molar-refractivity contribution in [3.8, 4) is 11.5 Å². The highest BCUT2D eigenvalue weighted by atomic mass is 79.9. The summed E-state index contributed by atoms with van der Waals surface area (Å²) in [5, 5.41) is 19.9. The van der Waals surface area contributed by atoms with E-state index in [4.69, 9.17) is 0 Å². The number of phenols is 2. The molecule has 0 amide bonds. The Morgan fingerprint density at radius 3 is 1.50 bits per heavy atom. The average Bonchev–Trinajstić information content (AvgIpc) is 2.51. The first-order chi connectivity index (χ1) is 11.4. The monoisotopic (exact) mass is 452 g/mol. The van der Waals surface area contributed by atoms with E-state index in [2.05, 4.69) is 41.8 Å². The van der Waals surface area contributed by atoms with Crippen LogP contribution in [0.5, 0.6) is 11.5 Å². The van der Waals surface area contributed by atoms with Gasteiger partial charge in [0.2, 0.25) is 0 Å². The third-order valence-electron chi connectivity index (χ3n) is 3.50. The van der Waals surface area contributed by atoms with E-state index in [9.17, 15) is 10.2 Å². The highest BCUT2D eigenvalue weighted by molar-refractivity contribution is 9.10. The second-order valence-corrected chi connectivity index (χ2v) is 7.09. The molecule has 2 aromatic rings. The van der Waals surface area contributed by atoms with E-state index in [1.165, 1.54) is 0 Å². The number of nitrogens with zero attached hydrogens (tertiary/aromatic N) is 2. The smallest absolute Gasteiger partial charge is 0.125 e. The van der Waals surface area contributed by atoms with Gasteiger partial charge in [0.1, 0.15) is 11.5 Å². The van der Waals surface area contributed by atoms with Crippen LogP contribution < -0.4 is 0 Å². The molecule has 0 aliphatic heterocycles. The fourth-order valence-corrected chi connectivity index (χ4v) is 2.93. The summed E-state index contributed by atoms with van der Waals surface area (Å²) in [5.41, 5.74) is 2.95. The predicted octanol–water partition coefficient (Wildman–Crippen LogP) is 4.94. The second kappa shape index (κ2) is 8.44. The van der Waals surface area contributed by atoms with E-state index in [1.54, 1.807) is 12.1 Å². The van der Waals surface area contributed by atoms with Crippen LogP contribution in [0.3, 0.4) is 0 Å². The lowest BCUT2D eigenvalue weighted by molar-refractivity contribution is 0.473. The van der Waals surface area contributed by atoms with Gasteiger partial charge in [0.25, 0.3) is 0 Å². The number of rotatable bonds is 5. The van der Waals surface area contributed by atoms with Crippen molar-refractivity contribution in [2.24, 2.45) is 9.98 Å². The van der Waals surface area contributed by atoms with Gasteiger partial charge in [-0.2, -0.15) is 0 Å². The summed E-state index contributed by atoms with van der Waals surface area (Å²) in [6.07, 6.45) is 0. The Labute approximate surface area is 158 Å². The van der Waals surface area contributed by atoms with Gasteiger partial charge in [0.05, 0.1) is 13.1 Å². The number of aromatic hydroxyl groups is 2. The minimum atomic E-state index is 0.199. The fraction of sp³-hybridized carbons (Fsp3) is 0.222. The SMILES string of the molecule is CC(=NCCN=C(C)c1ccc(Br)cc1O)c1ccc(Br)cc1O. The van der Waals surface area contributed by atoms with Crippen molar-refractivity contribution in [3.05, 3.63) is 56.5 Å². The molecule has 0 aliphatic rings. The largest absolute Gasteiger partial charge is 0.507 e. The van der Waals surface area contributed by atoms with Gasteiger partial charge in [-0.3, -0.25) is 9.98 Å². The quantitative estimate of drug-likeness (QED) is 0.497. The second-order valence-electron chi connectivity index (χ2n) is 5.26. The number of halogens is 2. The lowest BCUT2D eigenvalue weighted by Gasteiger charge is -2.06. The zero-order valence-corrected chi connectivity index (χ0v) is 16.6. The van der Waals surface area contributed by atoms with Crippen LogP contribution in [0.4, 0.5) is 0 Å². The van der Waals surface area contributed by atoms with E-state index < -0.39 is 0 Å². The van der Waals surface area contributed by atoms with Crippen molar-refractivity contribution >= 4 is 43.3 Å². The van der Waals surface area contributed by atoms with Crippen molar-refractivity contribution < 1.29 is 10.2 Å². The molecule has 4 nitrogen and oxygen atoms in total. The summed E-state index contributed by atoms with van der Waals surface area (Å²) < 4.78 is 1.65. The minimum Gasteiger partial charge on any atom is -0.507 e. The van der Waals surface area contributed by atoms with Gasteiger partial charge >= 0.3 is 0 Å². The van der Waals surface area contributed by atoms with E-state index >= 15 is 0 Å². The molecule has 0 saturated heterocycles. The van der Waals surface area contributed by atoms with Gasteiger partial charge in [-0.05, 0) is 50.2 Å². The Balaban J connectivity index is 2.02. The Bertz CT molecular complexity index is 734. The maximum absolute atomic E-state index is 9.94. The van der Waals surface area contributed by atoms with Crippen LogP contribution in [-0.4, -0.2) is 34.7 Å². The molecule has 0 bridgehead atoms. The third kappa shape index (κ3) is 4.92. The van der Waals surface area contributed by atoms with Crippen LogP contribution in [0.25, 0.3) is 0 Å². The molecular weight excluding hydrogens is 436 g/mol. The summed E-state index contributed by atoms with van der Waals surface area (Å²) in [4.78, 5) is 8.90. The molecular formula is C18H18Br2N2O2. The van der Waals surface area contributed by atoms with Crippen LogP contribution in [0, 0.1) is 0 Å². The Hall–Kier alpha value is -1.66.